The average molecular weight is 476 g/mol. The molecule has 0 bridgehead atoms. The molecule has 1 aliphatic carbocycles. The predicted molar refractivity (Wildman–Crippen MR) is 136 cm³/mol. The molecule has 1 aliphatic rings. The van der Waals surface area contributed by atoms with Gasteiger partial charge in [-0.05, 0) is 79.5 Å². The van der Waals surface area contributed by atoms with Crippen molar-refractivity contribution >= 4 is 39.8 Å². The molecule has 1 aromatic carbocycles. The van der Waals surface area contributed by atoms with Crippen molar-refractivity contribution in [3.8, 4) is 0 Å². The lowest BCUT2D eigenvalue weighted by atomic mass is 9.89. The van der Waals surface area contributed by atoms with Gasteiger partial charge in [-0.1, -0.05) is 18.2 Å². The van der Waals surface area contributed by atoms with Crippen LogP contribution in [0, 0.1) is 0 Å². The number of aromatic nitrogens is 1. The second kappa shape index (κ2) is 9.85. The number of pyridine rings is 1. The number of hydrogen-bond donors (Lipinski definition) is 2. The van der Waals surface area contributed by atoms with Gasteiger partial charge in [-0.25, -0.2) is 4.98 Å². The van der Waals surface area contributed by atoms with E-state index in [9.17, 15) is 4.79 Å². The van der Waals surface area contributed by atoms with Crippen LogP contribution in [0.4, 0.5) is 10.8 Å². The maximum absolute atomic E-state index is 12.9. The Morgan fingerprint density at radius 3 is 2.67 bits per heavy atom. The molecule has 2 N–H and O–H groups in total. The van der Waals surface area contributed by atoms with Crippen molar-refractivity contribution in [1.82, 2.24) is 4.98 Å². The lowest BCUT2D eigenvalue weighted by Gasteiger charge is -2.24. The first-order chi connectivity index (χ1) is 16.2. The molecular weight excluding hydrogens is 450 g/mol. The molecule has 33 heavy (non-hydrogen) atoms. The highest BCUT2D eigenvalue weighted by Gasteiger charge is 2.29. The van der Waals surface area contributed by atoms with E-state index in [0.717, 1.165) is 41.2 Å². The van der Waals surface area contributed by atoms with E-state index in [2.05, 4.69) is 46.1 Å². The van der Waals surface area contributed by atoms with Gasteiger partial charge < -0.3 is 15.1 Å². The first-order valence-electron chi connectivity index (χ1n) is 11.0. The number of nitrogens with one attached hydrogen (secondary N) is 2. The summed E-state index contributed by atoms with van der Waals surface area (Å²) in [5.74, 6) is 0.885. The van der Waals surface area contributed by atoms with Crippen LogP contribution >= 0.6 is 23.1 Å². The summed E-state index contributed by atoms with van der Waals surface area (Å²) >= 11 is 3.42. The Morgan fingerprint density at radius 1 is 1.09 bits per heavy atom. The molecule has 0 saturated heterocycles. The van der Waals surface area contributed by atoms with Crippen molar-refractivity contribution < 1.29 is 9.21 Å². The Hall–Kier alpha value is -3.03. The van der Waals surface area contributed by atoms with E-state index >= 15 is 0 Å². The third kappa shape index (κ3) is 4.70. The van der Waals surface area contributed by atoms with Crippen molar-refractivity contribution in [2.24, 2.45) is 0 Å². The Balaban J connectivity index is 1.60. The van der Waals surface area contributed by atoms with E-state index in [4.69, 9.17) is 4.42 Å². The number of carbonyl (C=O) groups excluding carboxylic acids is 1. The van der Waals surface area contributed by atoms with E-state index in [0.29, 0.717) is 5.76 Å². The van der Waals surface area contributed by atoms with Crippen molar-refractivity contribution in [2.45, 2.75) is 36.6 Å². The minimum absolute atomic E-state index is 0.138. The Labute approximate surface area is 201 Å². The van der Waals surface area contributed by atoms with Gasteiger partial charge in [0.15, 0.2) is 5.76 Å². The number of thioether (sulfide) groups is 1. The third-order valence-corrected chi connectivity index (χ3v) is 7.85. The summed E-state index contributed by atoms with van der Waals surface area (Å²) in [6, 6.07) is 17.8. The van der Waals surface area contributed by atoms with Gasteiger partial charge in [0.1, 0.15) is 10.8 Å². The number of furan rings is 1. The van der Waals surface area contributed by atoms with Crippen molar-refractivity contribution in [1.29, 1.82) is 0 Å². The average Bonchev–Trinajstić information content (AvgIpc) is 3.52. The fourth-order valence-corrected chi connectivity index (χ4v) is 6.01. The predicted octanol–water partition coefficient (Wildman–Crippen LogP) is 6.79. The summed E-state index contributed by atoms with van der Waals surface area (Å²) in [6.07, 6.45) is 9.79. The normalized spacial score (nSPS) is 13.8. The summed E-state index contributed by atoms with van der Waals surface area (Å²) in [5.41, 5.74) is 3.62. The number of amides is 1. The first-order valence-corrected chi connectivity index (χ1v) is 13.1. The van der Waals surface area contributed by atoms with Crippen LogP contribution in [0.3, 0.4) is 0 Å². The van der Waals surface area contributed by atoms with E-state index in [-0.39, 0.29) is 11.9 Å². The van der Waals surface area contributed by atoms with Crippen molar-refractivity contribution in [3.05, 3.63) is 94.4 Å². The molecule has 1 atom stereocenters. The molecule has 0 fully saturated rings. The van der Waals surface area contributed by atoms with E-state index in [1.807, 2.05) is 18.2 Å². The number of fused-ring (bicyclic) bond motifs is 1. The Kier molecular flexibility index (Phi) is 6.51. The van der Waals surface area contributed by atoms with Crippen LogP contribution in [0.2, 0.25) is 0 Å². The second-order valence-corrected chi connectivity index (χ2v) is 9.94. The van der Waals surface area contributed by atoms with Crippen LogP contribution in [0.1, 0.15) is 51.0 Å². The molecule has 0 spiro atoms. The molecule has 1 amide bonds. The highest BCUT2D eigenvalue weighted by Crippen LogP contribution is 2.44. The topological polar surface area (TPSA) is 67.2 Å². The summed E-state index contributed by atoms with van der Waals surface area (Å²) in [5, 5.41) is 7.68. The van der Waals surface area contributed by atoms with E-state index in [1.54, 1.807) is 41.4 Å². The van der Waals surface area contributed by atoms with Crippen LogP contribution in [0.15, 0.2) is 76.4 Å². The molecule has 3 aromatic heterocycles. The summed E-state index contributed by atoms with van der Waals surface area (Å²) in [4.78, 5) is 20.0. The second-order valence-electron chi connectivity index (χ2n) is 7.95. The first kappa shape index (κ1) is 21.8. The highest BCUT2D eigenvalue weighted by atomic mass is 32.2. The zero-order valence-corrected chi connectivity index (χ0v) is 20.0. The lowest BCUT2D eigenvalue weighted by Crippen LogP contribution is -2.18. The van der Waals surface area contributed by atoms with E-state index in [1.165, 1.54) is 28.0 Å². The van der Waals surface area contributed by atoms with Gasteiger partial charge >= 0.3 is 0 Å². The minimum Gasteiger partial charge on any atom is -0.459 e. The smallest absolute Gasteiger partial charge is 0.291 e. The van der Waals surface area contributed by atoms with Crippen LogP contribution in [0.5, 0.6) is 0 Å². The molecule has 4 aromatic rings. The van der Waals surface area contributed by atoms with Crippen LogP contribution in [-0.2, 0) is 12.8 Å². The van der Waals surface area contributed by atoms with Crippen molar-refractivity contribution in [2.75, 3.05) is 16.9 Å². The molecule has 0 aliphatic heterocycles. The highest BCUT2D eigenvalue weighted by molar-refractivity contribution is 7.98. The number of hydrogen-bond acceptors (Lipinski definition) is 6. The maximum atomic E-state index is 12.9. The van der Waals surface area contributed by atoms with Crippen LogP contribution < -0.4 is 10.6 Å². The molecular formula is C26H25N3O2S2. The number of nitrogens with zero attached hydrogens (tertiary/aromatic N) is 1. The van der Waals surface area contributed by atoms with Crippen LogP contribution in [-0.4, -0.2) is 17.1 Å². The van der Waals surface area contributed by atoms with Gasteiger partial charge in [-0.3, -0.25) is 4.79 Å². The van der Waals surface area contributed by atoms with Crippen LogP contribution in [0.25, 0.3) is 0 Å². The fourth-order valence-electron chi connectivity index (χ4n) is 4.28. The summed E-state index contributed by atoms with van der Waals surface area (Å²) in [6.45, 7) is 0. The van der Waals surface area contributed by atoms with Gasteiger partial charge in [0.25, 0.3) is 5.91 Å². The summed E-state index contributed by atoms with van der Waals surface area (Å²) in [7, 11) is 0. The molecule has 7 heteroatoms. The largest absolute Gasteiger partial charge is 0.459 e. The summed E-state index contributed by atoms with van der Waals surface area (Å²) < 4.78 is 5.34. The number of benzene rings is 1. The van der Waals surface area contributed by atoms with Crippen molar-refractivity contribution in [3.63, 3.8) is 0 Å². The van der Waals surface area contributed by atoms with Gasteiger partial charge in [-0.2, -0.15) is 0 Å². The SMILES string of the molecule is CSc1ccc([C@H](Nc2ccccn2)c2c(NC(=O)c3ccco3)sc3c2CCCC3)cc1. The zero-order chi connectivity index (χ0) is 22.6. The number of carbonyl (C=O) groups is 1. The maximum Gasteiger partial charge on any atom is 0.291 e. The molecule has 168 valence electrons. The zero-order valence-electron chi connectivity index (χ0n) is 18.3. The van der Waals surface area contributed by atoms with Gasteiger partial charge in [-0.15, -0.1) is 23.1 Å². The molecule has 0 saturated carbocycles. The van der Waals surface area contributed by atoms with Gasteiger partial charge in [0.2, 0.25) is 0 Å². The standard InChI is InChI=1S/C26H25N3O2S2/c1-32-18-13-11-17(12-14-18)24(28-22-10-4-5-15-27-22)23-19-7-2-3-9-21(19)33-26(23)29-25(30)20-8-6-16-31-20/h4-6,8,10-16,24H,2-3,7,9H2,1H3,(H,27,28)(H,29,30)/t24-/m0/s1. The fraction of sp³-hybridized carbons (Fsp3) is 0.231. The molecule has 0 unspecified atom stereocenters. The quantitative estimate of drug-likeness (QED) is 0.288. The number of rotatable bonds is 7. The van der Waals surface area contributed by atoms with E-state index < -0.39 is 0 Å². The Bertz CT molecular complexity index is 1220. The third-order valence-electron chi connectivity index (χ3n) is 5.88. The monoisotopic (exact) mass is 475 g/mol. The lowest BCUT2D eigenvalue weighted by molar-refractivity contribution is 0.0997. The molecule has 5 rings (SSSR count). The van der Waals surface area contributed by atoms with Gasteiger partial charge in [0, 0.05) is 21.5 Å². The minimum atomic E-state index is -0.228. The number of anilines is 2. The Morgan fingerprint density at radius 2 is 1.94 bits per heavy atom. The van der Waals surface area contributed by atoms with Gasteiger partial charge in [0.05, 0.1) is 12.3 Å². The number of aryl methyl sites for hydroxylation is 1. The molecule has 5 nitrogen and oxygen atoms in total. The molecule has 3 heterocycles. The molecule has 0 radical (unpaired) electrons. The number of thiophene rings is 1.